The van der Waals surface area contributed by atoms with Crippen LogP contribution in [0.25, 0.3) is 0 Å². The number of carbonyl (C=O) groups is 2. The van der Waals surface area contributed by atoms with Crippen molar-refractivity contribution in [3.05, 3.63) is 24.0 Å². The summed E-state index contributed by atoms with van der Waals surface area (Å²) in [5, 5.41) is 2.90. The highest BCUT2D eigenvalue weighted by molar-refractivity contribution is 5.92. The zero-order valence-electron chi connectivity index (χ0n) is 15.1. The summed E-state index contributed by atoms with van der Waals surface area (Å²) in [6, 6.07) is 3.62. The summed E-state index contributed by atoms with van der Waals surface area (Å²) in [4.78, 5) is 29.8. The fraction of sp³-hybridized carbons (Fsp3) is 0.611. The number of ether oxygens (including phenoxy) is 2. The Morgan fingerprint density at radius 3 is 2.52 bits per heavy atom. The number of pyridine rings is 1. The molecule has 2 aliphatic rings. The van der Waals surface area contributed by atoms with Gasteiger partial charge >= 0.3 is 6.09 Å². The molecule has 2 atom stereocenters. The maximum absolute atomic E-state index is 12.1. The molecule has 2 amide bonds. The first kappa shape index (κ1) is 17.5. The maximum Gasteiger partial charge on any atom is 0.410 e. The summed E-state index contributed by atoms with van der Waals surface area (Å²) in [6.07, 6.45) is 3.19. The SMILES string of the molecule is C[C@@H]1[C@@H](Oc2ccc(C(=O)NC3CC3)nc2)CN1C(=O)OC(C)(C)C. The maximum atomic E-state index is 12.1. The first-order chi connectivity index (χ1) is 11.7. The molecule has 0 aromatic carbocycles. The second kappa shape index (κ2) is 6.54. The summed E-state index contributed by atoms with van der Waals surface area (Å²) < 4.78 is 11.2. The van der Waals surface area contributed by atoms with E-state index in [0.29, 0.717) is 24.0 Å². The normalized spacial score (nSPS) is 22.8. The van der Waals surface area contributed by atoms with Gasteiger partial charge in [0, 0.05) is 6.04 Å². The van der Waals surface area contributed by atoms with Crippen LogP contribution < -0.4 is 10.1 Å². The topological polar surface area (TPSA) is 80.8 Å². The largest absolute Gasteiger partial charge is 0.485 e. The molecule has 136 valence electrons. The number of hydrogen-bond acceptors (Lipinski definition) is 5. The van der Waals surface area contributed by atoms with E-state index in [1.54, 1.807) is 23.2 Å². The molecule has 1 saturated carbocycles. The van der Waals surface area contributed by atoms with E-state index in [1.807, 2.05) is 27.7 Å². The number of amides is 2. The number of hydrogen-bond donors (Lipinski definition) is 1. The standard InChI is InChI=1S/C18H25N3O4/c1-11-15(10-21(11)17(23)25-18(2,3)4)24-13-7-8-14(19-9-13)16(22)20-12-5-6-12/h7-9,11-12,15H,5-6,10H2,1-4H3,(H,20,22)/t11-,15+/m1/s1. The lowest BCUT2D eigenvalue weighted by atomic mass is 10.0. The summed E-state index contributed by atoms with van der Waals surface area (Å²) in [5.41, 5.74) is -0.125. The van der Waals surface area contributed by atoms with Crippen molar-refractivity contribution in [2.75, 3.05) is 6.54 Å². The summed E-state index contributed by atoms with van der Waals surface area (Å²) in [7, 11) is 0. The van der Waals surface area contributed by atoms with Crippen molar-refractivity contribution in [1.82, 2.24) is 15.2 Å². The quantitative estimate of drug-likeness (QED) is 0.904. The van der Waals surface area contributed by atoms with Crippen LogP contribution in [-0.2, 0) is 4.74 Å². The Hall–Kier alpha value is -2.31. The first-order valence-corrected chi connectivity index (χ1v) is 8.66. The van der Waals surface area contributed by atoms with Gasteiger partial charge < -0.3 is 14.8 Å². The molecule has 7 nitrogen and oxygen atoms in total. The van der Waals surface area contributed by atoms with Gasteiger partial charge in [-0.05, 0) is 52.7 Å². The lowest BCUT2D eigenvalue weighted by molar-refractivity contribution is -0.0537. The molecule has 7 heteroatoms. The van der Waals surface area contributed by atoms with E-state index in [0.717, 1.165) is 12.8 Å². The molecule has 0 unspecified atom stereocenters. The van der Waals surface area contributed by atoms with Crippen molar-refractivity contribution in [2.24, 2.45) is 0 Å². The average Bonchev–Trinajstić information content (AvgIpc) is 3.33. The number of nitrogens with zero attached hydrogens (tertiary/aromatic N) is 2. The van der Waals surface area contributed by atoms with Gasteiger partial charge in [-0.25, -0.2) is 9.78 Å². The summed E-state index contributed by atoms with van der Waals surface area (Å²) in [5.74, 6) is 0.436. The highest BCUT2D eigenvalue weighted by Gasteiger charge is 2.42. The number of aromatic nitrogens is 1. The average molecular weight is 347 g/mol. The fourth-order valence-electron chi connectivity index (χ4n) is 2.52. The van der Waals surface area contributed by atoms with Crippen LogP contribution in [-0.4, -0.2) is 52.2 Å². The van der Waals surface area contributed by atoms with Crippen molar-refractivity contribution in [2.45, 2.75) is 64.3 Å². The Morgan fingerprint density at radius 1 is 1.28 bits per heavy atom. The van der Waals surface area contributed by atoms with Gasteiger partial charge in [0.1, 0.15) is 23.1 Å². The molecular formula is C18H25N3O4. The van der Waals surface area contributed by atoms with Crippen molar-refractivity contribution in [3.8, 4) is 5.75 Å². The van der Waals surface area contributed by atoms with Crippen LogP contribution in [0, 0.1) is 0 Å². The minimum atomic E-state index is -0.510. The van der Waals surface area contributed by atoms with Gasteiger partial charge in [-0.2, -0.15) is 0 Å². The molecule has 0 radical (unpaired) electrons. The van der Waals surface area contributed by atoms with Crippen LogP contribution in [0.15, 0.2) is 18.3 Å². The van der Waals surface area contributed by atoms with Gasteiger partial charge in [0.15, 0.2) is 0 Å². The third-order valence-corrected chi connectivity index (χ3v) is 4.20. The zero-order chi connectivity index (χ0) is 18.2. The molecule has 1 aliphatic heterocycles. The molecular weight excluding hydrogens is 322 g/mol. The molecule has 1 aliphatic carbocycles. The Labute approximate surface area is 147 Å². The van der Waals surface area contributed by atoms with Crippen molar-refractivity contribution in [3.63, 3.8) is 0 Å². The lowest BCUT2D eigenvalue weighted by Gasteiger charge is -2.45. The summed E-state index contributed by atoms with van der Waals surface area (Å²) in [6.45, 7) is 7.92. The molecule has 2 fully saturated rings. The monoisotopic (exact) mass is 347 g/mol. The van der Waals surface area contributed by atoms with Crippen LogP contribution in [0.5, 0.6) is 5.75 Å². The molecule has 25 heavy (non-hydrogen) atoms. The Kier molecular flexibility index (Phi) is 4.58. The molecule has 3 rings (SSSR count). The second-order valence-electron chi connectivity index (χ2n) is 7.66. The minimum Gasteiger partial charge on any atom is -0.485 e. The summed E-state index contributed by atoms with van der Waals surface area (Å²) >= 11 is 0. The Balaban J connectivity index is 1.50. The lowest BCUT2D eigenvalue weighted by Crippen LogP contribution is -2.63. The molecule has 1 saturated heterocycles. The van der Waals surface area contributed by atoms with Crippen LogP contribution in [0.2, 0.25) is 0 Å². The highest BCUT2D eigenvalue weighted by atomic mass is 16.6. The van der Waals surface area contributed by atoms with Crippen LogP contribution >= 0.6 is 0 Å². The predicted molar refractivity (Wildman–Crippen MR) is 91.5 cm³/mol. The molecule has 1 N–H and O–H groups in total. The Bertz CT molecular complexity index is 649. The van der Waals surface area contributed by atoms with Gasteiger partial charge in [0.25, 0.3) is 5.91 Å². The third-order valence-electron chi connectivity index (χ3n) is 4.20. The molecule has 0 spiro atoms. The molecule has 2 heterocycles. The van der Waals surface area contributed by atoms with Gasteiger partial charge in [0.05, 0.1) is 18.8 Å². The highest BCUT2D eigenvalue weighted by Crippen LogP contribution is 2.26. The second-order valence-corrected chi connectivity index (χ2v) is 7.66. The van der Waals surface area contributed by atoms with Gasteiger partial charge in [0.2, 0.25) is 0 Å². The molecule has 0 bridgehead atoms. The third kappa shape index (κ3) is 4.41. The fourth-order valence-corrected chi connectivity index (χ4v) is 2.52. The van der Waals surface area contributed by atoms with Gasteiger partial charge in [-0.3, -0.25) is 9.69 Å². The van der Waals surface area contributed by atoms with Gasteiger partial charge in [-0.15, -0.1) is 0 Å². The number of nitrogens with one attached hydrogen (secondary N) is 1. The molecule has 1 aromatic heterocycles. The van der Waals surface area contributed by atoms with E-state index in [1.165, 1.54) is 0 Å². The predicted octanol–water partition coefficient (Wildman–Crippen LogP) is 2.36. The number of rotatable bonds is 4. The van der Waals surface area contributed by atoms with Crippen LogP contribution in [0.3, 0.4) is 0 Å². The Morgan fingerprint density at radius 2 is 2.00 bits per heavy atom. The van der Waals surface area contributed by atoms with Crippen molar-refractivity contribution < 1.29 is 19.1 Å². The number of carbonyl (C=O) groups excluding carboxylic acids is 2. The van der Waals surface area contributed by atoms with E-state index in [4.69, 9.17) is 9.47 Å². The van der Waals surface area contributed by atoms with E-state index in [-0.39, 0.29) is 24.1 Å². The number of likely N-dealkylation sites (tertiary alicyclic amines) is 1. The van der Waals surface area contributed by atoms with E-state index < -0.39 is 5.60 Å². The van der Waals surface area contributed by atoms with E-state index >= 15 is 0 Å². The minimum absolute atomic E-state index is 0.0762. The van der Waals surface area contributed by atoms with Crippen LogP contribution in [0.4, 0.5) is 4.79 Å². The van der Waals surface area contributed by atoms with Crippen molar-refractivity contribution in [1.29, 1.82) is 0 Å². The smallest absolute Gasteiger partial charge is 0.410 e. The first-order valence-electron chi connectivity index (χ1n) is 8.66. The van der Waals surface area contributed by atoms with Crippen LogP contribution in [0.1, 0.15) is 51.0 Å². The zero-order valence-corrected chi connectivity index (χ0v) is 15.1. The van der Waals surface area contributed by atoms with Gasteiger partial charge in [-0.1, -0.05) is 0 Å². The molecule has 1 aromatic rings. The van der Waals surface area contributed by atoms with Crippen molar-refractivity contribution >= 4 is 12.0 Å². The van der Waals surface area contributed by atoms with E-state index in [2.05, 4.69) is 10.3 Å². The van der Waals surface area contributed by atoms with E-state index in [9.17, 15) is 9.59 Å².